The molecule has 0 aliphatic rings. The third-order valence-corrected chi connectivity index (χ3v) is 2.04. The molecule has 4 nitrogen and oxygen atoms in total. The average Bonchev–Trinajstić information content (AvgIpc) is 2.10. The highest BCUT2D eigenvalue weighted by molar-refractivity contribution is 5.79. The number of hydrogen-bond donors (Lipinski definition) is 3. The maximum atomic E-state index is 10.8. The molecule has 4 heteroatoms. The summed E-state index contributed by atoms with van der Waals surface area (Å²) in [6.07, 6.45) is 2.96. The fourth-order valence-corrected chi connectivity index (χ4v) is 1.20. The van der Waals surface area contributed by atoms with Gasteiger partial charge in [0.15, 0.2) is 0 Å². The molecule has 78 valence electrons. The smallest absolute Gasteiger partial charge is 0.234 e. The van der Waals surface area contributed by atoms with Crippen LogP contribution in [-0.2, 0) is 4.79 Å². The second-order valence-corrected chi connectivity index (χ2v) is 3.09. The van der Waals surface area contributed by atoms with Crippen molar-refractivity contribution in [1.29, 1.82) is 0 Å². The molecular weight excluding hydrogens is 166 g/mol. The first-order valence-corrected chi connectivity index (χ1v) is 4.89. The summed E-state index contributed by atoms with van der Waals surface area (Å²) in [6.45, 7) is 4.11. The van der Waals surface area contributed by atoms with Gasteiger partial charge in [0, 0.05) is 0 Å². The summed E-state index contributed by atoms with van der Waals surface area (Å²) >= 11 is 0. The zero-order valence-electron chi connectivity index (χ0n) is 8.60. The minimum absolute atomic E-state index is 0.165. The van der Waals surface area contributed by atoms with Crippen molar-refractivity contribution in [2.45, 2.75) is 32.2 Å². The Morgan fingerprint density at radius 3 is 2.62 bits per heavy atom. The van der Waals surface area contributed by atoms with Crippen LogP contribution in [0, 0.1) is 0 Å². The zero-order chi connectivity index (χ0) is 10.1. The molecule has 0 aromatic rings. The molecule has 0 bridgehead atoms. The Labute approximate surface area is 80.3 Å². The molecule has 0 fully saturated rings. The topological polar surface area (TPSA) is 67.2 Å². The van der Waals surface area contributed by atoms with E-state index < -0.39 is 0 Å². The maximum absolute atomic E-state index is 10.8. The van der Waals surface area contributed by atoms with Gasteiger partial charge in [-0.2, -0.15) is 0 Å². The second kappa shape index (κ2) is 8.01. The zero-order valence-corrected chi connectivity index (χ0v) is 8.60. The fourth-order valence-electron chi connectivity index (χ4n) is 1.20. The van der Waals surface area contributed by atoms with Crippen molar-refractivity contribution in [2.24, 2.45) is 5.73 Å². The summed E-state index contributed by atoms with van der Waals surface area (Å²) in [7, 11) is 1.76. The summed E-state index contributed by atoms with van der Waals surface area (Å²) in [5.74, 6) is -0.258. The number of rotatable bonds is 8. The fraction of sp³-hybridized carbons (Fsp3) is 0.889. The minimum atomic E-state index is -0.258. The van der Waals surface area contributed by atoms with Crippen LogP contribution in [-0.4, -0.2) is 32.1 Å². The molecule has 0 saturated heterocycles. The van der Waals surface area contributed by atoms with Crippen LogP contribution >= 0.6 is 0 Å². The van der Waals surface area contributed by atoms with Gasteiger partial charge >= 0.3 is 0 Å². The number of amides is 1. The molecule has 13 heavy (non-hydrogen) atoms. The average molecular weight is 187 g/mol. The van der Waals surface area contributed by atoms with Crippen LogP contribution in [0.15, 0.2) is 0 Å². The highest BCUT2D eigenvalue weighted by Gasteiger charge is 2.10. The highest BCUT2D eigenvalue weighted by Crippen LogP contribution is 1.99. The largest absolute Gasteiger partial charge is 0.368 e. The summed E-state index contributed by atoms with van der Waals surface area (Å²) in [5, 5.41) is 6.13. The predicted molar refractivity (Wildman–Crippen MR) is 54.4 cm³/mol. The van der Waals surface area contributed by atoms with Crippen LogP contribution < -0.4 is 16.4 Å². The SMILES string of the molecule is CCNCCCC[C@H](NC)C(N)=O. The van der Waals surface area contributed by atoms with Crippen LogP contribution in [0.4, 0.5) is 0 Å². The Morgan fingerprint density at radius 2 is 2.15 bits per heavy atom. The van der Waals surface area contributed by atoms with E-state index in [-0.39, 0.29) is 11.9 Å². The van der Waals surface area contributed by atoms with Crippen LogP contribution in [0.5, 0.6) is 0 Å². The standard InChI is InChI=1S/C9H21N3O/c1-3-12-7-5-4-6-8(11-2)9(10)13/h8,11-12H,3-7H2,1-2H3,(H2,10,13)/t8-/m0/s1. The van der Waals surface area contributed by atoms with Crippen molar-refractivity contribution in [1.82, 2.24) is 10.6 Å². The van der Waals surface area contributed by atoms with Gasteiger partial charge < -0.3 is 16.4 Å². The Bertz CT molecular complexity index is 139. The number of carbonyl (C=O) groups excluding carboxylic acids is 1. The Morgan fingerprint density at radius 1 is 1.46 bits per heavy atom. The molecule has 0 radical (unpaired) electrons. The van der Waals surface area contributed by atoms with Gasteiger partial charge in [0.25, 0.3) is 0 Å². The normalized spacial score (nSPS) is 12.8. The Kier molecular flexibility index (Phi) is 7.63. The van der Waals surface area contributed by atoms with E-state index in [0.29, 0.717) is 0 Å². The van der Waals surface area contributed by atoms with Gasteiger partial charge in [0.1, 0.15) is 0 Å². The van der Waals surface area contributed by atoms with Crippen molar-refractivity contribution in [3.63, 3.8) is 0 Å². The molecule has 0 aromatic carbocycles. The first-order valence-electron chi connectivity index (χ1n) is 4.89. The summed E-state index contributed by atoms with van der Waals surface area (Å²) in [5.41, 5.74) is 5.17. The molecule has 0 spiro atoms. The van der Waals surface area contributed by atoms with Crippen molar-refractivity contribution < 1.29 is 4.79 Å². The van der Waals surface area contributed by atoms with Crippen molar-refractivity contribution in [3.8, 4) is 0 Å². The van der Waals surface area contributed by atoms with Crippen molar-refractivity contribution in [3.05, 3.63) is 0 Å². The molecule has 1 atom stereocenters. The van der Waals surface area contributed by atoms with E-state index >= 15 is 0 Å². The van der Waals surface area contributed by atoms with Gasteiger partial charge in [-0.25, -0.2) is 0 Å². The number of likely N-dealkylation sites (N-methyl/N-ethyl adjacent to an activating group) is 1. The van der Waals surface area contributed by atoms with E-state index in [4.69, 9.17) is 5.73 Å². The summed E-state index contributed by atoms with van der Waals surface area (Å²) in [4.78, 5) is 10.8. The lowest BCUT2D eigenvalue weighted by atomic mass is 10.1. The monoisotopic (exact) mass is 187 g/mol. The molecule has 0 aliphatic carbocycles. The van der Waals surface area contributed by atoms with Crippen LogP contribution in [0.2, 0.25) is 0 Å². The number of nitrogens with two attached hydrogens (primary N) is 1. The van der Waals surface area contributed by atoms with Gasteiger partial charge in [0.05, 0.1) is 6.04 Å². The molecule has 4 N–H and O–H groups in total. The lowest BCUT2D eigenvalue weighted by molar-refractivity contribution is -0.120. The lowest BCUT2D eigenvalue weighted by Gasteiger charge is -2.11. The molecule has 0 unspecified atom stereocenters. The number of carbonyl (C=O) groups is 1. The van der Waals surface area contributed by atoms with Crippen LogP contribution in [0.1, 0.15) is 26.2 Å². The molecule has 0 heterocycles. The molecular formula is C9H21N3O. The number of nitrogens with one attached hydrogen (secondary N) is 2. The highest BCUT2D eigenvalue weighted by atomic mass is 16.1. The van der Waals surface area contributed by atoms with Crippen LogP contribution in [0.25, 0.3) is 0 Å². The third kappa shape index (κ3) is 6.54. The van der Waals surface area contributed by atoms with E-state index in [9.17, 15) is 4.79 Å². The third-order valence-electron chi connectivity index (χ3n) is 2.04. The summed E-state index contributed by atoms with van der Waals surface area (Å²) < 4.78 is 0. The van der Waals surface area contributed by atoms with Crippen molar-refractivity contribution in [2.75, 3.05) is 20.1 Å². The maximum Gasteiger partial charge on any atom is 0.234 e. The van der Waals surface area contributed by atoms with Gasteiger partial charge in [0.2, 0.25) is 5.91 Å². The van der Waals surface area contributed by atoms with E-state index in [2.05, 4.69) is 17.6 Å². The molecule has 0 rings (SSSR count). The molecule has 0 aliphatic heterocycles. The number of unbranched alkanes of at least 4 members (excludes halogenated alkanes) is 1. The summed E-state index contributed by atoms with van der Waals surface area (Å²) in [6, 6.07) is -0.165. The molecule has 0 saturated carbocycles. The van der Waals surface area contributed by atoms with Gasteiger partial charge in [-0.3, -0.25) is 4.79 Å². The van der Waals surface area contributed by atoms with Crippen LogP contribution in [0.3, 0.4) is 0 Å². The molecule has 0 aromatic heterocycles. The van der Waals surface area contributed by atoms with E-state index in [1.165, 1.54) is 0 Å². The molecule has 1 amide bonds. The first kappa shape index (κ1) is 12.4. The van der Waals surface area contributed by atoms with Gasteiger partial charge in [-0.15, -0.1) is 0 Å². The van der Waals surface area contributed by atoms with Gasteiger partial charge in [-0.1, -0.05) is 13.3 Å². The van der Waals surface area contributed by atoms with E-state index in [1.807, 2.05) is 0 Å². The quantitative estimate of drug-likeness (QED) is 0.463. The number of primary amides is 1. The first-order chi connectivity index (χ1) is 6.22. The Balaban J connectivity index is 3.33. The Hall–Kier alpha value is -0.610. The van der Waals surface area contributed by atoms with Gasteiger partial charge in [-0.05, 0) is 33.0 Å². The minimum Gasteiger partial charge on any atom is -0.368 e. The van der Waals surface area contributed by atoms with Crippen molar-refractivity contribution >= 4 is 5.91 Å². The van der Waals surface area contributed by atoms with E-state index in [1.54, 1.807) is 7.05 Å². The number of hydrogen-bond acceptors (Lipinski definition) is 3. The lowest BCUT2D eigenvalue weighted by Crippen LogP contribution is -2.39. The second-order valence-electron chi connectivity index (χ2n) is 3.09. The predicted octanol–water partition coefficient (Wildman–Crippen LogP) is -0.160. The van der Waals surface area contributed by atoms with E-state index in [0.717, 1.165) is 32.4 Å².